The highest BCUT2D eigenvalue weighted by molar-refractivity contribution is 5.86. The van der Waals surface area contributed by atoms with Crippen molar-refractivity contribution in [2.24, 2.45) is 5.92 Å². The van der Waals surface area contributed by atoms with Crippen molar-refractivity contribution in [3.05, 3.63) is 65.9 Å². The Hall–Kier alpha value is -3.28. The minimum absolute atomic E-state index is 0.0356. The van der Waals surface area contributed by atoms with Crippen LogP contribution in [-0.2, 0) is 22.6 Å². The molecule has 0 aliphatic heterocycles. The molecule has 1 N–H and O–H groups in total. The molecule has 0 saturated carbocycles. The molecule has 0 aliphatic rings. The highest BCUT2D eigenvalue weighted by Gasteiger charge is 2.26. The largest absolute Gasteiger partial charge is 0.494 e. The van der Waals surface area contributed by atoms with Crippen molar-refractivity contribution < 1.29 is 14.3 Å². The van der Waals surface area contributed by atoms with E-state index in [2.05, 4.69) is 17.1 Å². The van der Waals surface area contributed by atoms with Gasteiger partial charge >= 0.3 is 0 Å². The Morgan fingerprint density at radius 2 is 1.71 bits per heavy atom. The van der Waals surface area contributed by atoms with Crippen molar-refractivity contribution in [3.63, 3.8) is 0 Å². The van der Waals surface area contributed by atoms with Gasteiger partial charge in [0.05, 0.1) is 13.2 Å². The summed E-state index contributed by atoms with van der Waals surface area (Å²) in [5.74, 6) is 0.714. The van der Waals surface area contributed by atoms with Crippen LogP contribution in [0, 0.1) is 5.92 Å². The maximum Gasteiger partial charge on any atom is 0.242 e. The van der Waals surface area contributed by atoms with Gasteiger partial charge in [0.2, 0.25) is 11.8 Å². The maximum absolute atomic E-state index is 13.6. The van der Waals surface area contributed by atoms with Crippen LogP contribution in [0.5, 0.6) is 5.75 Å². The Morgan fingerprint density at radius 1 is 1.00 bits per heavy atom. The van der Waals surface area contributed by atoms with Gasteiger partial charge in [-0.15, -0.1) is 0 Å². The minimum Gasteiger partial charge on any atom is -0.494 e. The molecular weight excluding hydrogens is 438 g/mol. The summed E-state index contributed by atoms with van der Waals surface area (Å²) in [6, 6.07) is 16.0. The van der Waals surface area contributed by atoms with Crippen molar-refractivity contribution >= 4 is 22.7 Å². The molecule has 2 aromatic carbocycles. The number of benzene rings is 2. The number of H-pyrrole nitrogens is 1. The van der Waals surface area contributed by atoms with Crippen molar-refractivity contribution in [3.8, 4) is 5.75 Å². The van der Waals surface area contributed by atoms with Gasteiger partial charge in [-0.3, -0.25) is 9.59 Å². The smallest absolute Gasteiger partial charge is 0.242 e. The third-order valence-corrected chi connectivity index (χ3v) is 6.53. The monoisotopic (exact) mass is 477 g/mol. The first-order valence-electron chi connectivity index (χ1n) is 12.7. The molecule has 1 aromatic heterocycles. The summed E-state index contributed by atoms with van der Waals surface area (Å²) in [7, 11) is 0. The number of fused-ring (bicyclic) bond motifs is 1. The van der Waals surface area contributed by atoms with Crippen LogP contribution in [0.15, 0.2) is 54.7 Å². The Balaban J connectivity index is 1.79. The summed E-state index contributed by atoms with van der Waals surface area (Å²) in [5, 5.41) is 1.18. The van der Waals surface area contributed by atoms with Crippen molar-refractivity contribution in [1.29, 1.82) is 0 Å². The summed E-state index contributed by atoms with van der Waals surface area (Å²) in [6.45, 7) is 11.6. The van der Waals surface area contributed by atoms with E-state index in [0.717, 1.165) is 29.7 Å². The van der Waals surface area contributed by atoms with Crippen LogP contribution in [0.2, 0.25) is 0 Å². The molecule has 6 heteroatoms. The predicted molar refractivity (Wildman–Crippen MR) is 141 cm³/mol. The number of aromatic nitrogens is 1. The number of aromatic amines is 1. The van der Waals surface area contributed by atoms with Gasteiger partial charge in [0.25, 0.3) is 0 Å². The highest BCUT2D eigenvalue weighted by atomic mass is 16.5. The first kappa shape index (κ1) is 26.3. The van der Waals surface area contributed by atoms with Crippen molar-refractivity contribution in [2.45, 2.75) is 60.0 Å². The quantitative estimate of drug-likeness (QED) is 0.379. The number of hydrogen-bond acceptors (Lipinski definition) is 3. The van der Waals surface area contributed by atoms with Gasteiger partial charge in [0.15, 0.2) is 0 Å². The normalized spacial score (nSPS) is 12.1. The van der Waals surface area contributed by atoms with E-state index < -0.39 is 0 Å². The SMILES string of the molecule is CCOc1ccc(CN(CCc2c[nH]c3ccccc23)C(=O)CN(C(=O)C(C)CC)C(C)C)cc1. The number of ether oxygens (including phenoxy) is 1. The molecule has 6 nitrogen and oxygen atoms in total. The zero-order valence-corrected chi connectivity index (χ0v) is 21.7. The van der Waals surface area contributed by atoms with Gasteiger partial charge in [0, 0.05) is 42.1 Å². The van der Waals surface area contributed by atoms with Crippen LogP contribution in [0.1, 0.15) is 52.2 Å². The zero-order valence-electron chi connectivity index (χ0n) is 21.7. The van der Waals surface area contributed by atoms with Gasteiger partial charge in [-0.2, -0.15) is 0 Å². The summed E-state index contributed by atoms with van der Waals surface area (Å²) in [5.41, 5.74) is 3.31. The summed E-state index contributed by atoms with van der Waals surface area (Å²) >= 11 is 0. The molecule has 1 unspecified atom stereocenters. The van der Waals surface area contributed by atoms with Gasteiger partial charge in [-0.1, -0.05) is 44.2 Å². The number of para-hydroxylation sites is 1. The molecule has 1 atom stereocenters. The Morgan fingerprint density at radius 3 is 2.37 bits per heavy atom. The molecule has 188 valence electrons. The van der Waals surface area contributed by atoms with Crippen LogP contribution < -0.4 is 4.74 Å². The number of nitrogens with one attached hydrogen (secondary N) is 1. The number of carbonyl (C=O) groups excluding carboxylic acids is 2. The summed E-state index contributed by atoms with van der Waals surface area (Å²) in [6.07, 6.45) is 3.51. The first-order chi connectivity index (χ1) is 16.8. The fourth-order valence-electron chi connectivity index (χ4n) is 4.18. The molecule has 0 bridgehead atoms. The van der Waals surface area contributed by atoms with Crippen molar-refractivity contribution in [1.82, 2.24) is 14.8 Å². The Labute approximate surface area is 209 Å². The van der Waals surface area contributed by atoms with Crippen LogP contribution in [0.4, 0.5) is 0 Å². The molecule has 1 heterocycles. The van der Waals surface area contributed by atoms with E-state index in [1.165, 1.54) is 10.9 Å². The van der Waals surface area contributed by atoms with Crippen molar-refractivity contribution in [2.75, 3.05) is 19.7 Å². The number of rotatable bonds is 12. The molecular formula is C29H39N3O3. The van der Waals surface area contributed by atoms with Gasteiger partial charge in [-0.05, 0) is 62.9 Å². The fraction of sp³-hybridized carbons (Fsp3) is 0.448. The fourth-order valence-corrected chi connectivity index (χ4v) is 4.18. The van der Waals surface area contributed by atoms with E-state index in [1.54, 1.807) is 4.90 Å². The highest BCUT2D eigenvalue weighted by Crippen LogP contribution is 2.20. The molecule has 35 heavy (non-hydrogen) atoms. The number of carbonyl (C=O) groups is 2. The average molecular weight is 478 g/mol. The lowest BCUT2D eigenvalue weighted by atomic mass is 10.1. The molecule has 3 aromatic rings. The van der Waals surface area contributed by atoms with Gasteiger partial charge < -0.3 is 19.5 Å². The standard InChI is InChI=1S/C29H39N3O3/c1-6-22(5)29(34)32(21(3)4)20-28(33)31(19-23-12-14-25(15-13-23)35-7-2)17-16-24-18-30-27-11-9-8-10-26(24)27/h8-15,18,21-22,30H,6-7,16-17,19-20H2,1-5H3. The first-order valence-corrected chi connectivity index (χ1v) is 12.7. The second-order valence-electron chi connectivity index (χ2n) is 9.37. The van der Waals surface area contributed by atoms with Crippen LogP contribution >= 0.6 is 0 Å². The molecule has 3 rings (SSSR count). The van der Waals surface area contributed by atoms with Crippen LogP contribution in [0.3, 0.4) is 0 Å². The second kappa shape index (κ2) is 12.4. The lowest BCUT2D eigenvalue weighted by Crippen LogP contribution is -2.47. The molecule has 2 amide bonds. The van der Waals surface area contributed by atoms with Gasteiger partial charge in [0.1, 0.15) is 5.75 Å². The van der Waals surface area contributed by atoms with E-state index in [-0.39, 0.29) is 30.3 Å². The molecule has 0 saturated heterocycles. The van der Waals surface area contributed by atoms with E-state index >= 15 is 0 Å². The molecule has 0 radical (unpaired) electrons. The topological polar surface area (TPSA) is 65.6 Å². The van der Waals surface area contributed by atoms with Crippen LogP contribution in [-0.4, -0.2) is 52.3 Å². The zero-order chi connectivity index (χ0) is 25.4. The van der Waals surface area contributed by atoms with Crippen LogP contribution in [0.25, 0.3) is 10.9 Å². The van der Waals surface area contributed by atoms with E-state index in [1.807, 2.05) is 82.1 Å². The molecule has 0 spiro atoms. The number of nitrogens with zero attached hydrogens (tertiary/aromatic N) is 2. The number of amides is 2. The summed E-state index contributed by atoms with van der Waals surface area (Å²) in [4.78, 5) is 33.4. The molecule has 0 aliphatic carbocycles. The Bertz CT molecular complexity index is 1100. The molecule has 0 fully saturated rings. The lowest BCUT2D eigenvalue weighted by molar-refractivity contribution is -0.144. The third-order valence-electron chi connectivity index (χ3n) is 6.53. The Kier molecular flexibility index (Phi) is 9.35. The summed E-state index contributed by atoms with van der Waals surface area (Å²) < 4.78 is 5.56. The van der Waals surface area contributed by atoms with E-state index in [0.29, 0.717) is 19.7 Å². The van der Waals surface area contributed by atoms with E-state index in [4.69, 9.17) is 4.74 Å². The number of hydrogen-bond donors (Lipinski definition) is 1. The minimum atomic E-state index is -0.101. The predicted octanol–water partition coefficient (Wildman–Crippen LogP) is 5.42. The average Bonchev–Trinajstić information content (AvgIpc) is 3.28. The second-order valence-corrected chi connectivity index (χ2v) is 9.37. The lowest BCUT2D eigenvalue weighted by Gasteiger charge is -2.32. The van der Waals surface area contributed by atoms with E-state index in [9.17, 15) is 9.59 Å². The van der Waals surface area contributed by atoms with Gasteiger partial charge in [-0.25, -0.2) is 0 Å². The maximum atomic E-state index is 13.6. The third kappa shape index (κ3) is 6.87.